The Labute approximate surface area is 216 Å². The van der Waals surface area contributed by atoms with Crippen LogP contribution in [0.15, 0.2) is 18.2 Å². The number of nitrogens with zero attached hydrogens (tertiary/aromatic N) is 1. The Morgan fingerprint density at radius 3 is 2.31 bits per heavy atom. The predicted molar refractivity (Wildman–Crippen MR) is 142 cm³/mol. The van der Waals surface area contributed by atoms with Gasteiger partial charge in [-0.2, -0.15) is 0 Å². The largest absolute Gasteiger partial charge is 0.535 e. The first-order valence-electron chi connectivity index (χ1n) is 14.4. The molecule has 1 aromatic rings. The molecule has 6 nitrogen and oxygen atoms in total. The Morgan fingerprint density at radius 2 is 1.67 bits per heavy atom. The highest BCUT2D eigenvalue weighted by molar-refractivity contribution is 6.47. The Morgan fingerprint density at radius 1 is 1.00 bits per heavy atom. The van der Waals surface area contributed by atoms with Gasteiger partial charge in [0.05, 0.1) is 5.56 Å². The van der Waals surface area contributed by atoms with E-state index in [1.165, 1.54) is 52.2 Å². The van der Waals surface area contributed by atoms with Gasteiger partial charge in [-0.1, -0.05) is 12.1 Å². The van der Waals surface area contributed by atoms with Crippen LogP contribution in [0.25, 0.3) is 0 Å². The average molecular weight is 494 g/mol. The number of benzene rings is 1. The molecule has 1 heterocycles. The van der Waals surface area contributed by atoms with E-state index in [4.69, 9.17) is 4.65 Å². The molecule has 36 heavy (non-hydrogen) atoms. The number of rotatable bonds is 13. The molecule has 0 aromatic heterocycles. The van der Waals surface area contributed by atoms with E-state index in [0.717, 1.165) is 49.6 Å². The number of carbonyl (C=O) groups is 2. The normalized spacial score (nSPS) is 26.0. The van der Waals surface area contributed by atoms with Crippen LogP contribution in [0.2, 0.25) is 5.82 Å². The molecule has 0 radical (unpaired) electrons. The highest BCUT2D eigenvalue weighted by atomic mass is 16.5. The molecule has 0 saturated heterocycles. The zero-order valence-electron chi connectivity index (χ0n) is 21.9. The van der Waals surface area contributed by atoms with Crippen molar-refractivity contribution in [1.29, 1.82) is 0 Å². The van der Waals surface area contributed by atoms with Gasteiger partial charge in [-0.15, -0.1) is 0 Å². The second kappa shape index (κ2) is 11.8. The summed E-state index contributed by atoms with van der Waals surface area (Å²) in [4.78, 5) is 27.5. The Balaban J connectivity index is 1.01. The van der Waals surface area contributed by atoms with Crippen LogP contribution in [0.3, 0.4) is 0 Å². The molecule has 1 atom stereocenters. The number of ketones is 2. The Hall–Kier alpha value is -1.70. The van der Waals surface area contributed by atoms with Crippen LogP contribution in [-0.4, -0.2) is 60.8 Å². The van der Waals surface area contributed by atoms with E-state index in [1.54, 1.807) is 6.07 Å². The average Bonchev–Trinajstić information content (AvgIpc) is 3.78. The van der Waals surface area contributed by atoms with E-state index < -0.39 is 7.12 Å². The molecular formula is C29H43BN2O4. The second-order valence-electron chi connectivity index (χ2n) is 12.1. The zero-order chi connectivity index (χ0) is 25.1. The van der Waals surface area contributed by atoms with Crippen LogP contribution in [-0.2, 0) is 11.2 Å². The maximum Gasteiger partial charge on any atom is 0.526 e. The van der Waals surface area contributed by atoms with Crippen LogP contribution in [0.5, 0.6) is 5.75 Å². The molecule has 3 saturated carbocycles. The molecule has 3 fully saturated rings. The summed E-state index contributed by atoms with van der Waals surface area (Å²) in [5.74, 6) is 2.76. The lowest BCUT2D eigenvalue weighted by Gasteiger charge is -2.31. The van der Waals surface area contributed by atoms with Gasteiger partial charge in [0.1, 0.15) is 11.5 Å². The zero-order valence-corrected chi connectivity index (χ0v) is 21.9. The topological polar surface area (TPSA) is 78.9 Å². The summed E-state index contributed by atoms with van der Waals surface area (Å²) in [5, 5.41) is 14.3. The molecule has 196 valence electrons. The van der Waals surface area contributed by atoms with Crippen molar-refractivity contribution in [2.45, 2.75) is 89.4 Å². The molecule has 0 unspecified atom stereocenters. The number of hydrogen-bond donors (Lipinski definition) is 2. The smallest absolute Gasteiger partial charge is 0.526 e. The van der Waals surface area contributed by atoms with Crippen molar-refractivity contribution >= 4 is 18.7 Å². The minimum Gasteiger partial charge on any atom is -0.535 e. The van der Waals surface area contributed by atoms with E-state index in [9.17, 15) is 14.6 Å². The lowest BCUT2D eigenvalue weighted by molar-refractivity contribution is -0.120. The third-order valence-corrected chi connectivity index (χ3v) is 8.74. The van der Waals surface area contributed by atoms with Crippen molar-refractivity contribution in [3.8, 4) is 5.75 Å². The minimum absolute atomic E-state index is 0.0764. The maximum absolute atomic E-state index is 12.9. The second-order valence-corrected chi connectivity index (χ2v) is 12.1. The van der Waals surface area contributed by atoms with Crippen molar-refractivity contribution in [3.63, 3.8) is 0 Å². The van der Waals surface area contributed by atoms with Gasteiger partial charge in [0.25, 0.3) is 0 Å². The van der Waals surface area contributed by atoms with Gasteiger partial charge in [0, 0.05) is 50.9 Å². The van der Waals surface area contributed by atoms with Gasteiger partial charge in [0.2, 0.25) is 0 Å². The fourth-order valence-corrected chi connectivity index (χ4v) is 6.22. The summed E-state index contributed by atoms with van der Waals surface area (Å²) in [6, 6.07) is 6.08. The fourth-order valence-electron chi connectivity index (χ4n) is 6.22. The van der Waals surface area contributed by atoms with E-state index in [0.29, 0.717) is 42.5 Å². The summed E-state index contributed by atoms with van der Waals surface area (Å²) in [7, 11) is -1.04. The van der Waals surface area contributed by atoms with Gasteiger partial charge in [-0.25, -0.2) is 0 Å². The molecular weight excluding hydrogens is 451 g/mol. The van der Waals surface area contributed by atoms with Crippen molar-refractivity contribution in [2.75, 3.05) is 26.2 Å². The van der Waals surface area contributed by atoms with Crippen molar-refractivity contribution in [3.05, 3.63) is 29.3 Å². The molecule has 1 aromatic carbocycles. The van der Waals surface area contributed by atoms with E-state index in [1.807, 2.05) is 12.1 Å². The summed E-state index contributed by atoms with van der Waals surface area (Å²) in [6.45, 7) is 6.37. The molecule has 0 amide bonds. The maximum atomic E-state index is 12.9. The first-order chi connectivity index (χ1) is 17.4. The van der Waals surface area contributed by atoms with E-state index >= 15 is 0 Å². The van der Waals surface area contributed by atoms with Gasteiger partial charge < -0.3 is 19.9 Å². The van der Waals surface area contributed by atoms with Gasteiger partial charge in [-0.05, 0) is 94.1 Å². The first-order valence-corrected chi connectivity index (χ1v) is 14.4. The summed E-state index contributed by atoms with van der Waals surface area (Å²) in [6.07, 6.45) is 11.7. The highest BCUT2D eigenvalue weighted by Crippen LogP contribution is 2.37. The monoisotopic (exact) mass is 494 g/mol. The fraction of sp³-hybridized carbons (Fsp3) is 0.724. The molecule has 1 aliphatic heterocycles. The van der Waals surface area contributed by atoms with Crippen molar-refractivity contribution in [1.82, 2.24) is 10.2 Å². The third-order valence-electron chi connectivity index (χ3n) is 8.74. The standard InChI is InChI=1S/C29H43BN2O4/c1-20(33)28-4-2-3-24-16-25(30(35)36-29(24)28)17-27(34)15-21-9-11-26(12-10-21)31-13-14-32(18-22-5-6-22)19-23-7-8-23/h2-4,21-23,25-26,31,35H,5-19H2,1H3/t21?,25-,26?/m1/s1. The summed E-state index contributed by atoms with van der Waals surface area (Å²) >= 11 is 0. The molecule has 2 N–H and O–H groups in total. The SMILES string of the molecule is CC(=O)c1cccc2c1OB(O)[C@@H](CC(=O)CC1CCC(NCCN(CC3CC3)CC3CC3)CC1)C2. The number of fused-ring (bicyclic) bond motifs is 1. The molecule has 0 spiro atoms. The van der Waals surface area contributed by atoms with Gasteiger partial charge in [0.15, 0.2) is 5.78 Å². The lowest BCUT2D eigenvalue weighted by Crippen LogP contribution is -2.40. The van der Waals surface area contributed by atoms with Crippen molar-refractivity contribution < 1.29 is 19.3 Å². The van der Waals surface area contributed by atoms with Crippen LogP contribution < -0.4 is 9.97 Å². The number of para-hydroxylation sites is 1. The number of Topliss-reactive ketones (excluding diaryl/α,β-unsaturated/α-hetero) is 2. The highest BCUT2D eigenvalue weighted by Gasteiger charge is 2.38. The van der Waals surface area contributed by atoms with Crippen LogP contribution in [0.1, 0.15) is 87.1 Å². The number of nitrogens with one attached hydrogen (secondary N) is 1. The van der Waals surface area contributed by atoms with Gasteiger partial charge >= 0.3 is 7.12 Å². The molecule has 5 rings (SSSR count). The number of hydrogen-bond acceptors (Lipinski definition) is 6. The van der Waals surface area contributed by atoms with E-state index in [2.05, 4.69) is 10.2 Å². The quantitative estimate of drug-likeness (QED) is 0.315. The van der Waals surface area contributed by atoms with Crippen molar-refractivity contribution in [2.24, 2.45) is 17.8 Å². The molecule has 7 heteroatoms. The summed E-state index contributed by atoms with van der Waals surface area (Å²) < 4.78 is 5.72. The molecule has 0 bridgehead atoms. The molecule has 4 aliphatic rings. The number of carbonyl (C=O) groups excluding carboxylic acids is 2. The van der Waals surface area contributed by atoms with Crippen LogP contribution in [0.4, 0.5) is 0 Å². The minimum atomic E-state index is -1.04. The van der Waals surface area contributed by atoms with Crippen LogP contribution >= 0.6 is 0 Å². The lowest BCUT2D eigenvalue weighted by atomic mass is 9.64. The van der Waals surface area contributed by atoms with E-state index in [-0.39, 0.29) is 17.4 Å². The first kappa shape index (κ1) is 25.9. The predicted octanol–water partition coefficient (Wildman–Crippen LogP) is 4.29. The molecule has 3 aliphatic carbocycles. The summed E-state index contributed by atoms with van der Waals surface area (Å²) in [5.41, 5.74) is 1.41. The Kier molecular flexibility index (Phi) is 8.49. The third kappa shape index (κ3) is 7.20. The van der Waals surface area contributed by atoms with Gasteiger partial charge in [-0.3, -0.25) is 9.59 Å². The van der Waals surface area contributed by atoms with Crippen LogP contribution in [0, 0.1) is 17.8 Å². The Bertz CT molecular complexity index is 910.